The fourth-order valence-electron chi connectivity index (χ4n) is 4.62. The Morgan fingerprint density at radius 1 is 1.00 bits per heavy atom. The highest BCUT2D eigenvalue weighted by atomic mass is 79.9. The zero-order valence-electron chi connectivity index (χ0n) is 19.6. The van der Waals surface area contributed by atoms with Crippen LogP contribution in [0.4, 0.5) is 4.39 Å². The summed E-state index contributed by atoms with van der Waals surface area (Å²) in [6.07, 6.45) is 0.345. The molecule has 3 aromatic carbocycles. The van der Waals surface area contributed by atoms with Gasteiger partial charge < -0.3 is 9.32 Å². The van der Waals surface area contributed by atoms with E-state index in [9.17, 15) is 9.18 Å². The summed E-state index contributed by atoms with van der Waals surface area (Å²) in [5, 5.41) is 0. The summed E-state index contributed by atoms with van der Waals surface area (Å²) in [6, 6.07) is 20.5. The molecule has 0 N–H and O–H groups in total. The molecule has 1 aliphatic rings. The minimum absolute atomic E-state index is 0.110. The minimum atomic E-state index is -0.278. The first kappa shape index (κ1) is 23.7. The predicted octanol–water partition coefficient (Wildman–Crippen LogP) is 5.90. The highest BCUT2D eigenvalue weighted by Gasteiger charge is 2.26. The Labute approximate surface area is 212 Å². The van der Waals surface area contributed by atoms with Crippen LogP contribution in [0.3, 0.4) is 0 Å². The third kappa shape index (κ3) is 5.63. The Morgan fingerprint density at radius 2 is 1.66 bits per heavy atom. The molecule has 7 heteroatoms. The van der Waals surface area contributed by atoms with Gasteiger partial charge in [-0.1, -0.05) is 46.3 Å². The molecule has 1 fully saturated rings. The maximum absolute atomic E-state index is 13.5. The Bertz CT molecular complexity index is 1270. The molecule has 0 bridgehead atoms. The summed E-state index contributed by atoms with van der Waals surface area (Å²) < 4.78 is 20.4. The van der Waals surface area contributed by atoms with E-state index in [-0.39, 0.29) is 17.6 Å². The number of nitrogens with zero attached hydrogens (tertiary/aromatic N) is 3. The molecule has 5 nitrogen and oxygen atoms in total. The van der Waals surface area contributed by atoms with E-state index in [0.717, 1.165) is 45.4 Å². The quantitative estimate of drug-likeness (QED) is 0.308. The lowest BCUT2D eigenvalue weighted by Gasteiger charge is -2.35. The van der Waals surface area contributed by atoms with E-state index in [4.69, 9.17) is 4.42 Å². The fourth-order valence-corrected chi connectivity index (χ4v) is 4.88. The zero-order chi connectivity index (χ0) is 24.4. The first-order valence-corrected chi connectivity index (χ1v) is 12.6. The summed E-state index contributed by atoms with van der Waals surface area (Å²) >= 11 is 3.48. The third-order valence-electron chi connectivity index (χ3n) is 6.60. The Balaban J connectivity index is 1.23. The van der Waals surface area contributed by atoms with Crippen LogP contribution in [0.1, 0.15) is 34.9 Å². The van der Waals surface area contributed by atoms with Gasteiger partial charge >= 0.3 is 0 Å². The van der Waals surface area contributed by atoms with Crippen LogP contribution in [-0.2, 0) is 11.3 Å². The van der Waals surface area contributed by atoms with Gasteiger partial charge in [0.05, 0.1) is 6.54 Å². The van der Waals surface area contributed by atoms with E-state index in [1.807, 2.05) is 54.3 Å². The van der Waals surface area contributed by atoms with Crippen molar-refractivity contribution in [2.24, 2.45) is 0 Å². The van der Waals surface area contributed by atoms with E-state index in [2.05, 4.69) is 25.8 Å². The number of carbonyl (C=O) groups excluding carboxylic acids is 1. The second-order valence-corrected chi connectivity index (χ2v) is 10.0. The van der Waals surface area contributed by atoms with Crippen LogP contribution in [0.5, 0.6) is 0 Å². The molecule has 1 aliphatic heterocycles. The van der Waals surface area contributed by atoms with E-state index in [1.165, 1.54) is 12.1 Å². The van der Waals surface area contributed by atoms with Crippen molar-refractivity contribution in [3.05, 3.63) is 99.6 Å². The average molecular weight is 536 g/mol. The lowest BCUT2D eigenvalue weighted by Crippen LogP contribution is -2.48. The maximum Gasteiger partial charge on any atom is 0.223 e. The standard InChI is InChI=1S/C28H27BrFN3O2/c1-19-2-11-25-26(16-19)35-27(31-25)18-32-12-14-33(15-13-32)28(34)17-24(20-3-7-22(29)8-4-20)21-5-9-23(30)10-6-21/h2-11,16,24H,12-15,17-18H2,1H3. The van der Waals surface area contributed by atoms with Crippen molar-refractivity contribution >= 4 is 32.9 Å². The zero-order valence-corrected chi connectivity index (χ0v) is 21.2. The van der Waals surface area contributed by atoms with Gasteiger partial charge in [0, 0.05) is 43.0 Å². The molecule has 35 heavy (non-hydrogen) atoms. The number of hydrogen-bond donors (Lipinski definition) is 0. The second kappa shape index (κ2) is 10.3. The van der Waals surface area contributed by atoms with Gasteiger partial charge in [-0.25, -0.2) is 9.37 Å². The molecule has 2 heterocycles. The third-order valence-corrected chi connectivity index (χ3v) is 7.12. The monoisotopic (exact) mass is 535 g/mol. The Kier molecular flexibility index (Phi) is 6.97. The van der Waals surface area contributed by atoms with Crippen molar-refractivity contribution in [1.82, 2.24) is 14.8 Å². The molecule has 0 aliphatic carbocycles. The van der Waals surface area contributed by atoms with Crippen molar-refractivity contribution in [1.29, 1.82) is 0 Å². The molecule has 0 saturated carbocycles. The Hall–Kier alpha value is -3.03. The molecule has 1 aromatic heterocycles. The summed E-state index contributed by atoms with van der Waals surface area (Å²) in [4.78, 5) is 22.1. The molecule has 1 amide bonds. The number of rotatable bonds is 6. The van der Waals surface area contributed by atoms with Crippen molar-refractivity contribution in [2.75, 3.05) is 26.2 Å². The SMILES string of the molecule is Cc1ccc2nc(CN3CCN(C(=O)CC(c4ccc(F)cc4)c4ccc(Br)cc4)CC3)oc2c1. The van der Waals surface area contributed by atoms with Crippen LogP contribution in [0.25, 0.3) is 11.1 Å². The molecule has 1 unspecified atom stereocenters. The van der Waals surface area contributed by atoms with Gasteiger partial charge in [-0.05, 0) is 60.0 Å². The van der Waals surface area contributed by atoms with Crippen molar-refractivity contribution in [3.63, 3.8) is 0 Å². The lowest BCUT2D eigenvalue weighted by molar-refractivity contribution is -0.133. The van der Waals surface area contributed by atoms with Crippen LogP contribution in [0, 0.1) is 12.7 Å². The van der Waals surface area contributed by atoms with Gasteiger partial charge in [0.15, 0.2) is 5.58 Å². The van der Waals surface area contributed by atoms with Crippen LogP contribution in [-0.4, -0.2) is 46.9 Å². The predicted molar refractivity (Wildman–Crippen MR) is 138 cm³/mol. The number of carbonyl (C=O) groups is 1. The van der Waals surface area contributed by atoms with Crippen molar-refractivity contribution < 1.29 is 13.6 Å². The summed E-state index contributed by atoms with van der Waals surface area (Å²) in [5.41, 5.74) is 4.81. The number of piperazine rings is 1. The highest BCUT2D eigenvalue weighted by molar-refractivity contribution is 9.10. The molecule has 0 spiro atoms. The minimum Gasteiger partial charge on any atom is -0.439 e. The lowest BCUT2D eigenvalue weighted by atomic mass is 9.88. The van der Waals surface area contributed by atoms with Gasteiger partial charge in [-0.15, -0.1) is 0 Å². The van der Waals surface area contributed by atoms with Gasteiger partial charge in [0.2, 0.25) is 11.8 Å². The van der Waals surface area contributed by atoms with E-state index in [0.29, 0.717) is 31.9 Å². The van der Waals surface area contributed by atoms with E-state index >= 15 is 0 Å². The Morgan fingerprint density at radius 3 is 2.34 bits per heavy atom. The highest BCUT2D eigenvalue weighted by Crippen LogP contribution is 2.30. The molecule has 4 aromatic rings. The molecule has 1 atom stereocenters. The molecule has 1 saturated heterocycles. The number of benzene rings is 3. The number of hydrogen-bond acceptors (Lipinski definition) is 4. The van der Waals surface area contributed by atoms with Crippen LogP contribution in [0.15, 0.2) is 75.6 Å². The molecule has 180 valence electrons. The molecule has 0 radical (unpaired) electrons. The molecular weight excluding hydrogens is 509 g/mol. The van der Waals surface area contributed by atoms with Crippen molar-refractivity contribution in [2.45, 2.75) is 25.8 Å². The van der Waals surface area contributed by atoms with Crippen LogP contribution >= 0.6 is 15.9 Å². The summed E-state index contributed by atoms with van der Waals surface area (Å²) in [6.45, 7) is 5.53. The van der Waals surface area contributed by atoms with E-state index < -0.39 is 0 Å². The fraction of sp³-hybridized carbons (Fsp3) is 0.286. The number of amides is 1. The first-order valence-electron chi connectivity index (χ1n) is 11.8. The van der Waals surface area contributed by atoms with Gasteiger partial charge in [0.1, 0.15) is 11.3 Å². The second-order valence-electron chi connectivity index (χ2n) is 9.10. The van der Waals surface area contributed by atoms with Gasteiger partial charge in [-0.3, -0.25) is 9.69 Å². The average Bonchev–Trinajstić information content (AvgIpc) is 3.25. The summed E-state index contributed by atoms with van der Waals surface area (Å²) in [7, 11) is 0. The number of halogens is 2. The topological polar surface area (TPSA) is 49.6 Å². The molecule has 5 rings (SSSR count). The number of aromatic nitrogens is 1. The van der Waals surface area contributed by atoms with Gasteiger partial charge in [0.25, 0.3) is 0 Å². The largest absolute Gasteiger partial charge is 0.439 e. The number of aryl methyl sites for hydroxylation is 1. The first-order chi connectivity index (χ1) is 16.9. The molecular formula is C28H27BrFN3O2. The number of fused-ring (bicyclic) bond motifs is 1. The normalized spacial score (nSPS) is 15.5. The van der Waals surface area contributed by atoms with E-state index in [1.54, 1.807) is 12.1 Å². The van der Waals surface area contributed by atoms with Crippen LogP contribution in [0.2, 0.25) is 0 Å². The van der Waals surface area contributed by atoms with Crippen LogP contribution < -0.4 is 0 Å². The summed E-state index contributed by atoms with van der Waals surface area (Å²) in [5.74, 6) is 0.411. The smallest absolute Gasteiger partial charge is 0.223 e. The number of oxazole rings is 1. The maximum atomic E-state index is 13.5. The van der Waals surface area contributed by atoms with Gasteiger partial charge in [-0.2, -0.15) is 0 Å². The van der Waals surface area contributed by atoms with Crippen molar-refractivity contribution in [3.8, 4) is 0 Å².